The van der Waals surface area contributed by atoms with Gasteiger partial charge in [0.2, 0.25) is 5.91 Å². The van der Waals surface area contributed by atoms with E-state index in [1.807, 2.05) is 12.2 Å². The van der Waals surface area contributed by atoms with Crippen molar-refractivity contribution in [3.63, 3.8) is 0 Å². The summed E-state index contributed by atoms with van der Waals surface area (Å²) in [5, 5.41) is 2.81. The van der Waals surface area contributed by atoms with E-state index in [2.05, 4.69) is 5.32 Å². The zero-order chi connectivity index (χ0) is 15.4. The zero-order valence-electron chi connectivity index (χ0n) is 12.2. The predicted molar refractivity (Wildman–Crippen MR) is 80.8 cm³/mol. The molecular weight excluding hydrogens is 268 g/mol. The largest absolute Gasteiger partial charge is 0.459 e. The molecule has 2 rings (SSSR count). The van der Waals surface area contributed by atoms with Gasteiger partial charge in [0.05, 0.1) is 17.6 Å². The van der Waals surface area contributed by atoms with Crippen LogP contribution in [0, 0.1) is 5.92 Å². The molecule has 5 heteroatoms. The van der Waals surface area contributed by atoms with Crippen LogP contribution in [-0.2, 0) is 9.53 Å². The van der Waals surface area contributed by atoms with Crippen LogP contribution in [0.2, 0.25) is 0 Å². The van der Waals surface area contributed by atoms with Crippen LogP contribution >= 0.6 is 0 Å². The maximum Gasteiger partial charge on any atom is 0.338 e. The number of benzene rings is 1. The third-order valence-electron chi connectivity index (χ3n) is 3.18. The Hall–Kier alpha value is -2.14. The van der Waals surface area contributed by atoms with Gasteiger partial charge >= 0.3 is 5.97 Å². The molecule has 0 fully saturated rings. The highest BCUT2D eigenvalue weighted by Gasteiger charge is 2.22. The van der Waals surface area contributed by atoms with E-state index in [-0.39, 0.29) is 29.9 Å². The highest BCUT2D eigenvalue weighted by molar-refractivity contribution is 5.95. The number of nitrogens with one attached hydrogen (secondary N) is 1. The number of esters is 1. The Balaban J connectivity index is 1.95. The molecular formula is C16H20N2O3. The lowest BCUT2D eigenvalue weighted by atomic mass is 10.1. The maximum atomic E-state index is 12.0. The topological polar surface area (TPSA) is 81.4 Å². The summed E-state index contributed by atoms with van der Waals surface area (Å²) in [6.45, 7) is 3.60. The van der Waals surface area contributed by atoms with E-state index in [4.69, 9.17) is 10.5 Å². The summed E-state index contributed by atoms with van der Waals surface area (Å²) in [6.07, 6.45) is 4.14. The minimum absolute atomic E-state index is 0.0473. The van der Waals surface area contributed by atoms with E-state index in [1.165, 1.54) is 0 Å². The first kappa shape index (κ1) is 15.3. The van der Waals surface area contributed by atoms with Gasteiger partial charge in [0.25, 0.3) is 0 Å². The zero-order valence-corrected chi connectivity index (χ0v) is 12.2. The van der Waals surface area contributed by atoms with E-state index in [1.54, 1.807) is 38.1 Å². The average Bonchev–Trinajstić information content (AvgIpc) is 2.85. The molecule has 2 unspecified atom stereocenters. The van der Waals surface area contributed by atoms with Crippen LogP contribution in [0.1, 0.15) is 30.6 Å². The van der Waals surface area contributed by atoms with Crippen LogP contribution in [-0.4, -0.2) is 24.0 Å². The van der Waals surface area contributed by atoms with Crippen LogP contribution in [0.5, 0.6) is 0 Å². The molecule has 1 aromatic rings. The van der Waals surface area contributed by atoms with Crippen molar-refractivity contribution < 1.29 is 14.3 Å². The van der Waals surface area contributed by atoms with Crippen molar-refractivity contribution in [2.45, 2.75) is 32.4 Å². The van der Waals surface area contributed by atoms with Gasteiger partial charge in [-0.2, -0.15) is 0 Å². The lowest BCUT2D eigenvalue weighted by Gasteiger charge is -2.11. The van der Waals surface area contributed by atoms with Gasteiger partial charge in [-0.05, 0) is 44.5 Å². The fourth-order valence-electron chi connectivity index (χ4n) is 2.13. The van der Waals surface area contributed by atoms with Crippen molar-refractivity contribution in [2.24, 2.45) is 11.7 Å². The van der Waals surface area contributed by atoms with Gasteiger partial charge in [-0.15, -0.1) is 0 Å². The number of amides is 1. The Morgan fingerprint density at radius 1 is 1.24 bits per heavy atom. The molecule has 0 saturated carbocycles. The van der Waals surface area contributed by atoms with Gasteiger partial charge in [0.1, 0.15) is 0 Å². The van der Waals surface area contributed by atoms with Gasteiger partial charge in [-0.25, -0.2) is 4.79 Å². The Morgan fingerprint density at radius 3 is 2.43 bits per heavy atom. The third kappa shape index (κ3) is 4.16. The molecule has 2 atom stereocenters. The second kappa shape index (κ2) is 6.54. The smallest absolute Gasteiger partial charge is 0.338 e. The molecule has 112 valence electrons. The number of carbonyl (C=O) groups is 2. The van der Waals surface area contributed by atoms with Crippen molar-refractivity contribution in [3.8, 4) is 0 Å². The van der Waals surface area contributed by atoms with Crippen LogP contribution in [0.4, 0.5) is 5.69 Å². The Bertz CT molecular complexity index is 549. The number of carbonyl (C=O) groups excluding carboxylic acids is 2. The molecule has 0 spiro atoms. The summed E-state index contributed by atoms with van der Waals surface area (Å²) in [5.74, 6) is -0.644. The molecule has 5 nitrogen and oxygen atoms in total. The van der Waals surface area contributed by atoms with Gasteiger partial charge < -0.3 is 15.8 Å². The van der Waals surface area contributed by atoms with E-state index >= 15 is 0 Å². The van der Waals surface area contributed by atoms with Gasteiger partial charge in [-0.3, -0.25) is 4.79 Å². The van der Waals surface area contributed by atoms with Crippen LogP contribution in [0.15, 0.2) is 36.4 Å². The average molecular weight is 288 g/mol. The first-order valence-corrected chi connectivity index (χ1v) is 7.01. The molecule has 1 amide bonds. The summed E-state index contributed by atoms with van der Waals surface area (Å²) < 4.78 is 5.10. The molecule has 1 aliphatic carbocycles. The Kier molecular flexibility index (Phi) is 4.75. The van der Waals surface area contributed by atoms with Crippen molar-refractivity contribution in [3.05, 3.63) is 42.0 Å². The highest BCUT2D eigenvalue weighted by Crippen LogP contribution is 2.19. The Labute approximate surface area is 124 Å². The van der Waals surface area contributed by atoms with E-state index < -0.39 is 0 Å². The molecule has 3 N–H and O–H groups in total. The number of hydrogen-bond acceptors (Lipinski definition) is 4. The molecule has 0 radical (unpaired) electrons. The number of nitrogens with two attached hydrogens (primary N) is 1. The third-order valence-corrected chi connectivity index (χ3v) is 3.18. The van der Waals surface area contributed by atoms with Gasteiger partial charge in [0.15, 0.2) is 0 Å². The summed E-state index contributed by atoms with van der Waals surface area (Å²) in [6, 6.07) is 6.60. The first-order valence-electron chi connectivity index (χ1n) is 7.01. The van der Waals surface area contributed by atoms with Crippen LogP contribution in [0.25, 0.3) is 0 Å². The summed E-state index contributed by atoms with van der Waals surface area (Å²) in [4.78, 5) is 23.7. The number of ether oxygens (including phenoxy) is 1. The SMILES string of the molecule is CC(C)OC(=O)c1ccc(NC(=O)C2C=CC(N)C2)cc1. The molecule has 0 heterocycles. The van der Waals surface area contributed by atoms with Crippen LogP contribution in [0.3, 0.4) is 0 Å². The van der Waals surface area contributed by atoms with Crippen molar-refractivity contribution >= 4 is 17.6 Å². The van der Waals surface area contributed by atoms with E-state index in [0.717, 1.165) is 0 Å². The van der Waals surface area contributed by atoms with Gasteiger partial charge in [0, 0.05) is 11.7 Å². The minimum Gasteiger partial charge on any atom is -0.459 e. The van der Waals surface area contributed by atoms with Crippen molar-refractivity contribution in [1.29, 1.82) is 0 Å². The fourth-order valence-corrected chi connectivity index (χ4v) is 2.13. The van der Waals surface area contributed by atoms with Crippen molar-refractivity contribution in [1.82, 2.24) is 0 Å². The van der Waals surface area contributed by atoms with E-state index in [9.17, 15) is 9.59 Å². The number of anilines is 1. The predicted octanol–water partition coefficient (Wildman–Crippen LogP) is 2.09. The lowest BCUT2D eigenvalue weighted by molar-refractivity contribution is -0.118. The first-order chi connectivity index (χ1) is 9.95. The molecule has 1 aliphatic rings. The van der Waals surface area contributed by atoms with Crippen molar-refractivity contribution in [2.75, 3.05) is 5.32 Å². The summed E-state index contributed by atoms with van der Waals surface area (Å²) >= 11 is 0. The highest BCUT2D eigenvalue weighted by atomic mass is 16.5. The summed E-state index contributed by atoms with van der Waals surface area (Å²) in [5.41, 5.74) is 6.84. The fraction of sp³-hybridized carbons (Fsp3) is 0.375. The Morgan fingerprint density at radius 2 is 1.90 bits per heavy atom. The van der Waals surface area contributed by atoms with E-state index in [0.29, 0.717) is 17.7 Å². The van der Waals surface area contributed by atoms with Crippen LogP contribution < -0.4 is 11.1 Å². The molecule has 0 bridgehead atoms. The van der Waals surface area contributed by atoms with Gasteiger partial charge in [-0.1, -0.05) is 12.2 Å². The maximum absolute atomic E-state index is 12.0. The molecule has 0 aliphatic heterocycles. The summed E-state index contributed by atoms with van der Waals surface area (Å²) in [7, 11) is 0. The quantitative estimate of drug-likeness (QED) is 0.656. The monoisotopic (exact) mass is 288 g/mol. The lowest BCUT2D eigenvalue weighted by Crippen LogP contribution is -2.24. The second-order valence-corrected chi connectivity index (χ2v) is 5.41. The number of rotatable bonds is 4. The molecule has 1 aromatic carbocycles. The number of hydrogen-bond donors (Lipinski definition) is 2. The molecule has 0 aromatic heterocycles. The standard InChI is InChI=1S/C16H20N2O3/c1-10(2)21-16(20)11-4-7-14(8-5-11)18-15(19)12-3-6-13(17)9-12/h3-8,10,12-13H,9,17H2,1-2H3,(H,18,19). The molecule has 21 heavy (non-hydrogen) atoms. The normalized spacial score (nSPS) is 20.6. The second-order valence-electron chi connectivity index (χ2n) is 5.41. The molecule has 0 saturated heterocycles. The minimum atomic E-state index is -0.368.